The molecule has 2 N–H and O–H groups in total. The summed E-state index contributed by atoms with van der Waals surface area (Å²) in [5.74, 6) is 5.62. The summed E-state index contributed by atoms with van der Waals surface area (Å²) in [5.41, 5.74) is 6.52. The Kier molecular flexibility index (Phi) is 5.46. The summed E-state index contributed by atoms with van der Waals surface area (Å²) < 4.78 is 19.1. The monoisotopic (exact) mass is 323 g/mol. The van der Waals surface area contributed by atoms with Crippen LogP contribution in [0.25, 0.3) is 0 Å². The Morgan fingerprint density at radius 2 is 1.76 bits per heavy atom. The van der Waals surface area contributed by atoms with Gasteiger partial charge in [-0.15, -0.1) is 0 Å². The second kappa shape index (κ2) is 7.33. The van der Waals surface area contributed by atoms with Crippen LogP contribution >= 0.6 is 23.2 Å². The molecule has 0 saturated carbocycles. The van der Waals surface area contributed by atoms with E-state index in [1.54, 1.807) is 24.3 Å². The summed E-state index contributed by atoms with van der Waals surface area (Å²) in [6, 6.07) is 9.38. The van der Waals surface area contributed by atoms with Crippen LogP contribution in [-0.2, 0) is 6.61 Å². The molecule has 2 rings (SSSR count). The average Bonchev–Trinajstić information content (AvgIpc) is 2.41. The van der Waals surface area contributed by atoms with Crippen LogP contribution in [-0.4, -0.2) is 6.54 Å². The molecule has 0 atom stereocenters. The number of hydrogen-bond acceptors (Lipinski definition) is 2. The van der Waals surface area contributed by atoms with Crippen LogP contribution in [0.1, 0.15) is 11.1 Å². The lowest BCUT2D eigenvalue weighted by atomic mass is 10.1. The molecule has 0 unspecified atom stereocenters. The third-order valence-corrected chi connectivity index (χ3v) is 2.97. The molecule has 5 heteroatoms. The van der Waals surface area contributed by atoms with Crippen LogP contribution in [0.4, 0.5) is 4.39 Å². The highest BCUT2D eigenvalue weighted by Gasteiger charge is 2.03. The highest BCUT2D eigenvalue weighted by atomic mass is 35.5. The van der Waals surface area contributed by atoms with E-state index >= 15 is 0 Å². The molecule has 0 saturated heterocycles. The maximum absolute atomic E-state index is 13.5. The van der Waals surface area contributed by atoms with Crippen molar-refractivity contribution in [1.29, 1.82) is 0 Å². The van der Waals surface area contributed by atoms with Crippen molar-refractivity contribution in [3.63, 3.8) is 0 Å². The molecule has 2 aromatic carbocycles. The first-order valence-corrected chi connectivity index (χ1v) is 6.90. The van der Waals surface area contributed by atoms with Gasteiger partial charge in [0.25, 0.3) is 0 Å². The maximum Gasteiger partial charge on any atom is 0.124 e. The normalized spacial score (nSPS) is 9.90. The molecule has 108 valence electrons. The number of rotatable bonds is 3. The Morgan fingerprint density at radius 1 is 1.05 bits per heavy atom. The second-order valence-corrected chi connectivity index (χ2v) is 5.12. The van der Waals surface area contributed by atoms with E-state index in [0.717, 1.165) is 0 Å². The van der Waals surface area contributed by atoms with Crippen molar-refractivity contribution in [2.24, 2.45) is 5.73 Å². The van der Waals surface area contributed by atoms with Gasteiger partial charge in [-0.25, -0.2) is 4.39 Å². The van der Waals surface area contributed by atoms with Gasteiger partial charge in [-0.05, 0) is 42.0 Å². The zero-order valence-corrected chi connectivity index (χ0v) is 12.5. The molecule has 0 spiro atoms. The van der Waals surface area contributed by atoms with Crippen LogP contribution in [0.3, 0.4) is 0 Å². The van der Waals surface area contributed by atoms with Crippen molar-refractivity contribution in [3.8, 4) is 17.6 Å². The molecule has 0 aliphatic heterocycles. The number of halogens is 3. The molecule has 21 heavy (non-hydrogen) atoms. The minimum Gasteiger partial charge on any atom is -0.489 e. The molecule has 0 amide bonds. The highest BCUT2D eigenvalue weighted by Crippen LogP contribution is 2.25. The molecular weight excluding hydrogens is 312 g/mol. The van der Waals surface area contributed by atoms with Gasteiger partial charge in [-0.2, -0.15) is 0 Å². The van der Waals surface area contributed by atoms with Crippen molar-refractivity contribution in [3.05, 3.63) is 63.4 Å². The second-order valence-electron chi connectivity index (χ2n) is 4.25. The lowest BCUT2D eigenvalue weighted by Gasteiger charge is -2.08. The topological polar surface area (TPSA) is 35.2 Å². The van der Waals surface area contributed by atoms with Crippen LogP contribution < -0.4 is 10.5 Å². The maximum atomic E-state index is 13.5. The van der Waals surface area contributed by atoms with Crippen LogP contribution in [0.2, 0.25) is 10.0 Å². The lowest BCUT2D eigenvalue weighted by Crippen LogP contribution is -1.98. The quantitative estimate of drug-likeness (QED) is 0.866. The molecule has 0 aliphatic carbocycles. The first-order valence-electron chi connectivity index (χ1n) is 6.14. The lowest BCUT2D eigenvalue weighted by molar-refractivity contribution is 0.305. The van der Waals surface area contributed by atoms with Crippen molar-refractivity contribution in [2.45, 2.75) is 6.61 Å². The van der Waals surface area contributed by atoms with E-state index in [0.29, 0.717) is 26.9 Å². The molecule has 0 aliphatic rings. The van der Waals surface area contributed by atoms with Gasteiger partial charge < -0.3 is 10.5 Å². The minimum absolute atomic E-state index is 0.186. The van der Waals surface area contributed by atoms with Gasteiger partial charge in [-0.3, -0.25) is 0 Å². The van der Waals surface area contributed by atoms with Gasteiger partial charge in [0.15, 0.2) is 0 Å². The number of benzene rings is 2. The SMILES string of the molecule is NCC#Cc1cc(F)cc(COc2cc(Cl)cc(Cl)c2)c1. The summed E-state index contributed by atoms with van der Waals surface area (Å²) in [6.07, 6.45) is 0. The Labute approximate surface area is 132 Å². The van der Waals surface area contributed by atoms with Crippen molar-refractivity contribution >= 4 is 23.2 Å². The highest BCUT2D eigenvalue weighted by molar-refractivity contribution is 6.34. The summed E-state index contributed by atoms with van der Waals surface area (Å²) in [7, 11) is 0. The van der Waals surface area contributed by atoms with Crippen molar-refractivity contribution in [2.75, 3.05) is 6.54 Å². The molecule has 0 heterocycles. The Morgan fingerprint density at radius 3 is 2.43 bits per heavy atom. The molecular formula is C16H12Cl2FNO. The van der Waals surface area contributed by atoms with Gasteiger partial charge in [-0.1, -0.05) is 35.0 Å². The van der Waals surface area contributed by atoms with Gasteiger partial charge in [0, 0.05) is 15.6 Å². The van der Waals surface area contributed by atoms with Crippen molar-refractivity contribution < 1.29 is 9.13 Å². The van der Waals surface area contributed by atoms with Gasteiger partial charge in [0.05, 0.1) is 6.54 Å². The predicted octanol–water partition coefficient (Wildman–Crippen LogP) is 4.02. The largest absolute Gasteiger partial charge is 0.489 e. The predicted molar refractivity (Wildman–Crippen MR) is 83.1 cm³/mol. The third-order valence-electron chi connectivity index (χ3n) is 2.53. The van der Waals surface area contributed by atoms with Crippen molar-refractivity contribution in [1.82, 2.24) is 0 Å². The molecule has 2 aromatic rings. The third kappa shape index (κ3) is 4.95. The molecule has 0 radical (unpaired) electrons. The Balaban J connectivity index is 2.14. The van der Waals surface area contributed by atoms with E-state index in [1.807, 2.05) is 0 Å². The summed E-state index contributed by atoms with van der Waals surface area (Å²) in [6.45, 7) is 0.412. The van der Waals surface area contributed by atoms with Crippen LogP contribution in [0, 0.1) is 17.7 Å². The average molecular weight is 324 g/mol. The fourth-order valence-corrected chi connectivity index (χ4v) is 2.24. The van der Waals surface area contributed by atoms with Crippen LogP contribution in [0.5, 0.6) is 5.75 Å². The summed E-state index contributed by atoms with van der Waals surface area (Å²) in [5, 5.41) is 0.956. The Hall–Kier alpha value is -1.73. The number of nitrogens with two attached hydrogens (primary N) is 1. The molecule has 2 nitrogen and oxygen atoms in total. The zero-order chi connectivity index (χ0) is 15.2. The van der Waals surface area contributed by atoms with E-state index in [9.17, 15) is 4.39 Å². The van der Waals surface area contributed by atoms with E-state index in [2.05, 4.69) is 11.8 Å². The smallest absolute Gasteiger partial charge is 0.124 e. The first-order chi connectivity index (χ1) is 10.1. The van der Waals surface area contributed by atoms with Gasteiger partial charge in [0.2, 0.25) is 0 Å². The zero-order valence-electron chi connectivity index (χ0n) is 11.0. The number of hydrogen-bond donors (Lipinski definition) is 1. The van der Waals surface area contributed by atoms with Gasteiger partial charge in [0.1, 0.15) is 18.2 Å². The Bertz CT molecular complexity index is 687. The van der Waals surface area contributed by atoms with Gasteiger partial charge >= 0.3 is 0 Å². The fraction of sp³-hybridized carbons (Fsp3) is 0.125. The molecule has 0 fully saturated rings. The first kappa shape index (κ1) is 15.7. The standard InChI is InChI=1S/C16H12Cl2FNO/c17-13-7-14(18)9-16(8-13)21-10-12-4-11(2-1-3-20)5-15(19)6-12/h4-9H,3,10,20H2. The molecule has 0 bridgehead atoms. The van der Waals surface area contributed by atoms with E-state index in [1.165, 1.54) is 12.1 Å². The fourth-order valence-electron chi connectivity index (χ4n) is 1.74. The number of ether oxygens (including phenoxy) is 1. The van der Waals surface area contributed by atoms with E-state index < -0.39 is 0 Å². The minimum atomic E-state index is -0.374. The summed E-state index contributed by atoms with van der Waals surface area (Å²) >= 11 is 11.8. The molecule has 0 aromatic heterocycles. The van der Waals surface area contributed by atoms with E-state index in [4.69, 9.17) is 33.7 Å². The summed E-state index contributed by atoms with van der Waals surface area (Å²) in [4.78, 5) is 0. The van der Waals surface area contributed by atoms with E-state index in [-0.39, 0.29) is 19.0 Å². The van der Waals surface area contributed by atoms with Crippen LogP contribution in [0.15, 0.2) is 36.4 Å².